The first-order valence-electron chi connectivity index (χ1n) is 9.00. The van der Waals surface area contributed by atoms with Gasteiger partial charge in [0.25, 0.3) is 0 Å². The van der Waals surface area contributed by atoms with E-state index in [-0.39, 0.29) is 29.1 Å². The smallest absolute Gasteiger partial charge is 0.183 e. The van der Waals surface area contributed by atoms with E-state index < -0.39 is 0 Å². The molecule has 27 heavy (non-hydrogen) atoms. The molecule has 0 amide bonds. The number of hydrogen-bond acceptors (Lipinski definition) is 5. The Balaban J connectivity index is 2.60. The molecule has 0 saturated heterocycles. The van der Waals surface area contributed by atoms with Crippen molar-refractivity contribution in [3.8, 4) is 35.1 Å². The molecule has 0 aliphatic rings. The maximum atomic E-state index is 9.78. The summed E-state index contributed by atoms with van der Waals surface area (Å²) in [5.74, 6) is 1.38. The summed E-state index contributed by atoms with van der Waals surface area (Å²) in [7, 11) is 0. The van der Waals surface area contributed by atoms with Crippen LogP contribution >= 0.6 is 0 Å². The van der Waals surface area contributed by atoms with Crippen LogP contribution in [0.2, 0.25) is 0 Å². The zero-order valence-corrected chi connectivity index (χ0v) is 16.4. The molecular formula is C22H24N2O3. The summed E-state index contributed by atoms with van der Waals surface area (Å²) in [6.07, 6.45) is 0.614. The fraction of sp³-hybridized carbons (Fsp3) is 0.364. The molecule has 140 valence electrons. The molecule has 0 aliphatic heterocycles. The Labute approximate surface area is 160 Å². The topological polar surface area (TPSA) is 75.3 Å². The number of hydrogen-bond donors (Lipinski definition) is 0. The van der Waals surface area contributed by atoms with Gasteiger partial charge in [-0.2, -0.15) is 10.5 Å². The first-order valence-corrected chi connectivity index (χ1v) is 9.00. The standard InChI is InChI=1S/C22H24N2O3/c1-6-16-7-9-18(10-8-16)27-21-17(12-23)11-20(25-14(2)3)22(19(21)13-24)26-15(4)5/h7-11,14-15H,6H2,1-5H3. The summed E-state index contributed by atoms with van der Waals surface area (Å²) in [6, 6.07) is 13.3. The predicted molar refractivity (Wildman–Crippen MR) is 103 cm³/mol. The van der Waals surface area contributed by atoms with E-state index in [0.29, 0.717) is 17.2 Å². The highest BCUT2D eigenvalue weighted by molar-refractivity contribution is 5.67. The van der Waals surface area contributed by atoms with Gasteiger partial charge in [0.15, 0.2) is 17.2 Å². The van der Waals surface area contributed by atoms with Crippen molar-refractivity contribution < 1.29 is 14.2 Å². The van der Waals surface area contributed by atoms with Gasteiger partial charge in [-0.3, -0.25) is 0 Å². The van der Waals surface area contributed by atoms with Crippen LogP contribution in [0.15, 0.2) is 30.3 Å². The van der Waals surface area contributed by atoms with Gasteiger partial charge in [-0.15, -0.1) is 0 Å². The van der Waals surface area contributed by atoms with Crippen molar-refractivity contribution in [3.05, 3.63) is 47.0 Å². The molecule has 0 unspecified atom stereocenters. The number of nitrogens with zero attached hydrogens (tertiary/aromatic N) is 2. The van der Waals surface area contributed by atoms with Crippen molar-refractivity contribution in [1.29, 1.82) is 10.5 Å². The van der Waals surface area contributed by atoms with Crippen LogP contribution in [-0.2, 0) is 6.42 Å². The second-order valence-corrected chi connectivity index (χ2v) is 6.61. The average molecular weight is 364 g/mol. The van der Waals surface area contributed by atoms with E-state index in [1.54, 1.807) is 6.07 Å². The molecule has 5 nitrogen and oxygen atoms in total. The number of benzene rings is 2. The van der Waals surface area contributed by atoms with Crippen LogP contribution in [-0.4, -0.2) is 12.2 Å². The molecule has 0 aromatic heterocycles. The first-order chi connectivity index (χ1) is 12.9. The Hall–Kier alpha value is -3.18. The minimum atomic E-state index is -0.170. The van der Waals surface area contributed by atoms with Crippen LogP contribution in [0.1, 0.15) is 51.3 Å². The maximum Gasteiger partial charge on any atom is 0.183 e. The van der Waals surface area contributed by atoms with E-state index in [2.05, 4.69) is 19.1 Å². The minimum Gasteiger partial charge on any atom is -0.487 e. The average Bonchev–Trinajstić information content (AvgIpc) is 2.63. The first kappa shape index (κ1) is 20.1. The van der Waals surface area contributed by atoms with Crippen molar-refractivity contribution >= 4 is 0 Å². The largest absolute Gasteiger partial charge is 0.487 e. The third-order valence-corrected chi connectivity index (χ3v) is 3.70. The summed E-state index contributed by atoms with van der Waals surface area (Å²) in [4.78, 5) is 0. The molecule has 0 saturated carbocycles. The zero-order chi connectivity index (χ0) is 20.0. The fourth-order valence-electron chi connectivity index (χ4n) is 2.52. The van der Waals surface area contributed by atoms with Crippen molar-refractivity contribution in [2.75, 3.05) is 0 Å². The molecule has 0 heterocycles. The molecular weight excluding hydrogens is 340 g/mol. The Morgan fingerprint density at radius 2 is 1.52 bits per heavy atom. The molecule has 2 aromatic carbocycles. The van der Waals surface area contributed by atoms with Crippen LogP contribution < -0.4 is 14.2 Å². The second kappa shape index (κ2) is 8.96. The summed E-state index contributed by atoms with van der Waals surface area (Å²) < 4.78 is 17.6. The fourth-order valence-corrected chi connectivity index (χ4v) is 2.52. The Bertz CT molecular complexity index is 872. The summed E-state index contributed by atoms with van der Waals surface area (Å²) in [5, 5.41) is 19.4. The van der Waals surface area contributed by atoms with Crippen LogP contribution in [0.4, 0.5) is 0 Å². The molecule has 5 heteroatoms. The molecule has 0 radical (unpaired) electrons. The summed E-state index contributed by atoms with van der Waals surface area (Å²) in [6.45, 7) is 9.54. The molecule has 0 spiro atoms. The third-order valence-electron chi connectivity index (χ3n) is 3.70. The Morgan fingerprint density at radius 3 is 2.00 bits per heavy atom. The van der Waals surface area contributed by atoms with E-state index in [1.807, 2.05) is 52.0 Å². The molecule has 0 N–H and O–H groups in total. The number of rotatable bonds is 7. The van der Waals surface area contributed by atoms with Gasteiger partial charge in [0.05, 0.1) is 17.8 Å². The van der Waals surface area contributed by atoms with Gasteiger partial charge in [-0.25, -0.2) is 0 Å². The lowest BCUT2D eigenvalue weighted by Gasteiger charge is -2.20. The van der Waals surface area contributed by atoms with E-state index in [9.17, 15) is 10.5 Å². The zero-order valence-electron chi connectivity index (χ0n) is 16.4. The van der Waals surface area contributed by atoms with Crippen molar-refractivity contribution in [1.82, 2.24) is 0 Å². The monoisotopic (exact) mass is 364 g/mol. The number of aryl methyl sites for hydroxylation is 1. The van der Waals surface area contributed by atoms with Crippen molar-refractivity contribution in [2.45, 2.75) is 53.2 Å². The van der Waals surface area contributed by atoms with Gasteiger partial charge in [0.1, 0.15) is 23.5 Å². The minimum absolute atomic E-state index is 0.133. The quantitative estimate of drug-likeness (QED) is 0.661. The van der Waals surface area contributed by atoms with Crippen molar-refractivity contribution in [2.24, 2.45) is 0 Å². The van der Waals surface area contributed by atoms with Crippen molar-refractivity contribution in [3.63, 3.8) is 0 Å². The third kappa shape index (κ3) is 4.92. The SMILES string of the molecule is CCc1ccc(Oc2c(C#N)cc(OC(C)C)c(OC(C)C)c2C#N)cc1. The number of nitriles is 2. The lowest BCUT2D eigenvalue weighted by molar-refractivity contribution is 0.197. The molecule has 2 rings (SSSR count). The highest BCUT2D eigenvalue weighted by Crippen LogP contribution is 2.42. The summed E-state index contributed by atoms with van der Waals surface area (Å²) >= 11 is 0. The van der Waals surface area contributed by atoms with Gasteiger partial charge in [0, 0.05) is 6.07 Å². The van der Waals surface area contributed by atoms with E-state index in [0.717, 1.165) is 6.42 Å². The molecule has 2 aromatic rings. The van der Waals surface area contributed by atoms with Crippen LogP contribution in [0, 0.1) is 22.7 Å². The van der Waals surface area contributed by atoms with Gasteiger partial charge in [0.2, 0.25) is 0 Å². The van der Waals surface area contributed by atoms with Gasteiger partial charge in [-0.1, -0.05) is 19.1 Å². The lowest BCUT2D eigenvalue weighted by Crippen LogP contribution is -2.13. The van der Waals surface area contributed by atoms with E-state index >= 15 is 0 Å². The van der Waals surface area contributed by atoms with Crippen LogP contribution in [0.25, 0.3) is 0 Å². The summed E-state index contributed by atoms with van der Waals surface area (Å²) in [5.41, 5.74) is 1.55. The molecule has 0 fully saturated rings. The van der Waals surface area contributed by atoms with Gasteiger partial charge in [-0.05, 0) is 51.8 Å². The highest BCUT2D eigenvalue weighted by atomic mass is 16.5. The van der Waals surface area contributed by atoms with Crippen LogP contribution in [0.3, 0.4) is 0 Å². The normalized spacial score (nSPS) is 10.4. The Kier molecular flexibility index (Phi) is 6.68. The van der Waals surface area contributed by atoms with Crippen LogP contribution in [0.5, 0.6) is 23.0 Å². The molecule has 0 aliphatic carbocycles. The molecule has 0 atom stereocenters. The second-order valence-electron chi connectivity index (χ2n) is 6.61. The van der Waals surface area contributed by atoms with Gasteiger partial charge < -0.3 is 14.2 Å². The maximum absolute atomic E-state index is 9.78. The molecule has 0 bridgehead atoms. The van der Waals surface area contributed by atoms with E-state index in [4.69, 9.17) is 14.2 Å². The highest BCUT2D eigenvalue weighted by Gasteiger charge is 2.24. The lowest BCUT2D eigenvalue weighted by atomic mass is 10.1. The van der Waals surface area contributed by atoms with E-state index in [1.165, 1.54) is 5.56 Å². The predicted octanol–water partition coefficient (Wildman–Crippen LogP) is 5.36. The Morgan fingerprint density at radius 1 is 0.889 bits per heavy atom. The number of ether oxygens (including phenoxy) is 3. The van der Waals surface area contributed by atoms with Gasteiger partial charge >= 0.3 is 0 Å².